The number of halogens is 2. The summed E-state index contributed by atoms with van der Waals surface area (Å²) in [6, 6.07) is 14.7. The van der Waals surface area contributed by atoms with E-state index in [4.69, 9.17) is 4.74 Å². The molecule has 0 aliphatic heterocycles. The number of nitrogens with zero attached hydrogens (tertiary/aromatic N) is 3. The molecule has 0 fully saturated rings. The Kier molecular flexibility index (Phi) is 9.20. The van der Waals surface area contributed by atoms with Gasteiger partial charge >= 0.3 is 0 Å². The average molecular weight is 531 g/mol. The van der Waals surface area contributed by atoms with Crippen LogP contribution in [0.25, 0.3) is 22.0 Å². The normalized spacial score (nSPS) is 12.1. The van der Waals surface area contributed by atoms with E-state index in [2.05, 4.69) is 15.2 Å². The minimum atomic E-state index is -0.511. The van der Waals surface area contributed by atoms with Crippen LogP contribution in [-0.2, 0) is 4.79 Å². The minimum Gasteiger partial charge on any atom is -0.494 e. The van der Waals surface area contributed by atoms with Crippen LogP contribution in [0.4, 0.5) is 8.78 Å². The Hall–Kier alpha value is -4.33. The Morgan fingerprint density at radius 1 is 1.05 bits per heavy atom. The van der Waals surface area contributed by atoms with Crippen LogP contribution in [0, 0.1) is 11.8 Å². The molecule has 0 radical (unpaired) electrons. The topological polar surface area (TPSA) is 71.1 Å². The van der Waals surface area contributed by atoms with Crippen molar-refractivity contribution in [2.75, 3.05) is 20.7 Å². The molecule has 1 N–H and O–H groups in total. The number of aromatic nitrogens is 3. The smallest absolute Gasteiger partial charge is 0.245 e. The van der Waals surface area contributed by atoms with E-state index in [-0.39, 0.29) is 5.91 Å². The van der Waals surface area contributed by atoms with E-state index >= 15 is 0 Å². The fraction of sp³-hybridized carbons (Fsp3) is 0.258. The molecule has 0 unspecified atom stereocenters. The lowest BCUT2D eigenvalue weighted by molar-refractivity contribution is -0.123. The molecule has 2 aromatic carbocycles. The summed E-state index contributed by atoms with van der Waals surface area (Å²) in [4.78, 5) is 17.0. The molecule has 2 aromatic heterocycles. The molecule has 202 valence electrons. The van der Waals surface area contributed by atoms with Crippen molar-refractivity contribution in [2.45, 2.75) is 32.6 Å². The first-order valence-electron chi connectivity index (χ1n) is 13.0. The molecule has 6 nitrogen and oxygen atoms in total. The number of nitrogens with one attached hydrogen (secondary N) is 1. The molecule has 0 aliphatic carbocycles. The zero-order valence-electron chi connectivity index (χ0n) is 22.4. The molecule has 0 saturated carbocycles. The van der Waals surface area contributed by atoms with Gasteiger partial charge in [-0.2, -0.15) is 9.49 Å². The van der Waals surface area contributed by atoms with Gasteiger partial charge in [-0.3, -0.25) is 14.9 Å². The van der Waals surface area contributed by atoms with Crippen LogP contribution in [0.2, 0.25) is 0 Å². The molecule has 2 heterocycles. The number of hydrogen-bond acceptors (Lipinski definition) is 4. The molecule has 0 bridgehead atoms. The van der Waals surface area contributed by atoms with Gasteiger partial charge in [0.1, 0.15) is 11.6 Å². The lowest BCUT2D eigenvalue weighted by atomic mass is 9.88. The SMILES string of the molecule is CC/C(=C(/c1ccc(OCCCC/C=C/C(=O)N(C)C)cc1)c1ccc2n[nH]c(F)c2c1)c1ccncc1F. The summed E-state index contributed by atoms with van der Waals surface area (Å²) >= 11 is 0. The summed E-state index contributed by atoms with van der Waals surface area (Å²) in [7, 11) is 3.45. The average Bonchev–Trinajstić information content (AvgIpc) is 3.31. The third kappa shape index (κ3) is 6.76. The molecule has 8 heteroatoms. The van der Waals surface area contributed by atoms with Crippen molar-refractivity contribution in [1.82, 2.24) is 20.1 Å². The Balaban J connectivity index is 1.56. The van der Waals surface area contributed by atoms with E-state index in [9.17, 15) is 13.6 Å². The van der Waals surface area contributed by atoms with Gasteiger partial charge in [0.15, 0.2) is 0 Å². The van der Waals surface area contributed by atoms with Crippen molar-refractivity contribution in [3.05, 3.63) is 102 Å². The Labute approximate surface area is 227 Å². The zero-order chi connectivity index (χ0) is 27.8. The first-order chi connectivity index (χ1) is 18.9. The first kappa shape index (κ1) is 27.7. The summed E-state index contributed by atoms with van der Waals surface area (Å²) in [5, 5.41) is 6.74. The van der Waals surface area contributed by atoms with Gasteiger partial charge in [-0.05, 0) is 84.4 Å². The van der Waals surface area contributed by atoms with Gasteiger partial charge in [0.25, 0.3) is 0 Å². The van der Waals surface area contributed by atoms with E-state index in [0.717, 1.165) is 47.3 Å². The van der Waals surface area contributed by atoms with E-state index in [0.29, 0.717) is 29.5 Å². The molecule has 0 spiro atoms. The number of ether oxygens (including phenoxy) is 1. The van der Waals surface area contributed by atoms with Crippen molar-refractivity contribution in [1.29, 1.82) is 0 Å². The number of benzene rings is 2. The minimum absolute atomic E-state index is 0.0209. The molecule has 0 saturated heterocycles. The number of pyridine rings is 1. The van der Waals surface area contributed by atoms with Crippen LogP contribution in [0.15, 0.2) is 73.1 Å². The number of carbonyl (C=O) groups is 1. The van der Waals surface area contributed by atoms with E-state index in [1.54, 1.807) is 44.6 Å². The van der Waals surface area contributed by atoms with Gasteiger partial charge in [0, 0.05) is 25.9 Å². The standard InChI is InChI=1S/C31H32F2N4O2/c1-4-24(25-16-17-34-20-27(25)32)30(22-12-15-28-26(19-22)31(33)36-35-28)21-10-13-23(14-11-21)39-18-8-6-5-7-9-29(38)37(2)3/h7,9-17,19-20H,4-6,8,18H2,1-3H3,(H,35,36)/b9-7+,30-24+. The molecular formula is C31H32F2N4O2. The quantitative estimate of drug-likeness (QED) is 0.171. The van der Waals surface area contributed by atoms with Crippen molar-refractivity contribution in [3.63, 3.8) is 0 Å². The third-order valence-electron chi connectivity index (χ3n) is 6.43. The van der Waals surface area contributed by atoms with Crippen molar-refractivity contribution >= 4 is 28.0 Å². The lowest BCUT2D eigenvalue weighted by Crippen LogP contribution is -2.18. The van der Waals surface area contributed by atoms with Gasteiger partial charge in [-0.1, -0.05) is 31.2 Å². The third-order valence-corrected chi connectivity index (χ3v) is 6.43. The second-order valence-electron chi connectivity index (χ2n) is 9.34. The van der Waals surface area contributed by atoms with Crippen molar-refractivity contribution in [3.8, 4) is 5.75 Å². The van der Waals surface area contributed by atoms with Crippen molar-refractivity contribution < 1.29 is 18.3 Å². The summed E-state index contributed by atoms with van der Waals surface area (Å²) in [6.07, 6.45) is 9.36. The summed E-state index contributed by atoms with van der Waals surface area (Å²) < 4.78 is 35.1. The summed E-state index contributed by atoms with van der Waals surface area (Å²) in [6.45, 7) is 2.52. The van der Waals surface area contributed by atoms with Crippen LogP contribution in [-0.4, -0.2) is 46.7 Å². The van der Waals surface area contributed by atoms with E-state index < -0.39 is 11.8 Å². The van der Waals surface area contributed by atoms with Gasteiger partial charge in [0.05, 0.1) is 23.7 Å². The van der Waals surface area contributed by atoms with Gasteiger partial charge in [-0.15, -0.1) is 0 Å². The lowest BCUT2D eigenvalue weighted by Gasteiger charge is -2.17. The highest BCUT2D eigenvalue weighted by molar-refractivity contribution is 6.00. The number of aromatic amines is 1. The van der Waals surface area contributed by atoms with Crippen LogP contribution in [0.3, 0.4) is 0 Å². The van der Waals surface area contributed by atoms with E-state index in [1.807, 2.05) is 43.3 Å². The second-order valence-corrected chi connectivity index (χ2v) is 9.34. The number of H-pyrrole nitrogens is 1. The summed E-state index contributed by atoms with van der Waals surface area (Å²) in [5.74, 6) is -0.223. The second kappa shape index (κ2) is 13.0. The number of fused-ring (bicyclic) bond motifs is 1. The van der Waals surface area contributed by atoms with Crippen LogP contribution < -0.4 is 4.74 Å². The number of likely N-dealkylation sites (N-methyl/N-ethyl adjacent to an activating group) is 1. The van der Waals surface area contributed by atoms with E-state index in [1.165, 1.54) is 11.1 Å². The summed E-state index contributed by atoms with van der Waals surface area (Å²) in [5.41, 5.74) is 4.17. The number of hydrogen-bond donors (Lipinski definition) is 1. The highest BCUT2D eigenvalue weighted by atomic mass is 19.1. The molecule has 0 atom stereocenters. The van der Waals surface area contributed by atoms with Gasteiger partial charge < -0.3 is 9.64 Å². The molecular weight excluding hydrogens is 498 g/mol. The number of unbranched alkanes of at least 4 members (excludes halogenated alkanes) is 2. The first-order valence-corrected chi connectivity index (χ1v) is 13.0. The monoisotopic (exact) mass is 530 g/mol. The van der Waals surface area contributed by atoms with Gasteiger partial charge in [-0.25, -0.2) is 4.39 Å². The Morgan fingerprint density at radius 2 is 1.82 bits per heavy atom. The largest absolute Gasteiger partial charge is 0.494 e. The predicted molar refractivity (Wildman–Crippen MR) is 150 cm³/mol. The fourth-order valence-electron chi connectivity index (χ4n) is 4.38. The highest BCUT2D eigenvalue weighted by Gasteiger charge is 2.17. The molecule has 4 rings (SSSR count). The number of rotatable bonds is 11. The molecule has 1 amide bonds. The Morgan fingerprint density at radius 3 is 2.54 bits per heavy atom. The van der Waals surface area contributed by atoms with Crippen LogP contribution in [0.5, 0.6) is 5.75 Å². The van der Waals surface area contributed by atoms with Crippen LogP contribution >= 0.6 is 0 Å². The number of allylic oxidation sites excluding steroid dienone is 2. The maximum absolute atomic E-state index is 14.9. The number of carbonyl (C=O) groups excluding carboxylic acids is 1. The Bertz CT molecular complexity index is 1490. The fourth-order valence-corrected chi connectivity index (χ4v) is 4.38. The number of amides is 1. The maximum Gasteiger partial charge on any atom is 0.245 e. The molecule has 4 aromatic rings. The molecule has 0 aliphatic rings. The predicted octanol–water partition coefficient (Wildman–Crippen LogP) is 6.80. The van der Waals surface area contributed by atoms with Gasteiger partial charge in [0.2, 0.25) is 11.9 Å². The van der Waals surface area contributed by atoms with Crippen LogP contribution in [0.1, 0.15) is 49.3 Å². The highest BCUT2D eigenvalue weighted by Crippen LogP contribution is 2.37. The molecule has 39 heavy (non-hydrogen) atoms. The zero-order valence-corrected chi connectivity index (χ0v) is 22.4. The maximum atomic E-state index is 14.9. The van der Waals surface area contributed by atoms with Crippen molar-refractivity contribution in [2.24, 2.45) is 0 Å².